The van der Waals surface area contributed by atoms with E-state index in [1.165, 1.54) is 11.1 Å². The maximum Gasteiger partial charge on any atom is 0.193 e. The van der Waals surface area contributed by atoms with Gasteiger partial charge < -0.3 is 11.1 Å². The van der Waals surface area contributed by atoms with Gasteiger partial charge in [0.2, 0.25) is 0 Å². The van der Waals surface area contributed by atoms with Crippen molar-refractivity contribution in [1.29, 1.82) is 0 Å². The first-order valence-electron chi connectivity index (χ1n) is 8.55. The molecule has 3 aromatic rings. The van der Waals surface area contributed by atoms with Crippen molar-refractivity contribution in [1.82, 2.24) is 14.8 Å². The molecule has 26 heavy (non-hydrogen) atoms. The van der Waals surface area contributed by atoms with Gasteiger partial charge in [-0.2, -0.15) is 5.10 Å². The number of rotatable bonds is 4. The van der Waals surface area contributed by atoms with Crippen LogP contribution in [0.2, 0.25) is 0 Å². The van der Waals surface area contributed by atoms with Crippen molar-refractivity contribution >= 4 is 11.6 Å². The molecule has 0 spiro atoms. The molecule has 6 heteroatoms. The molecule has 0 atom stereocenters. The molecule has 3 rings (SSSR count). The van der Waals surface area contributed by atoms with E-state index in [0.717, 1.165) is 28.5 Å². The largest absolute Gasteiger partial charge is 0.370 e. The molecular formula is C20H24N6. The minimum Gasteiger partial charge on any atom is -0.370 e. The van der Waals surface area contributed by atoms with Gasteiger partial charge in [0.05, 0.1) is 12.2 Å². The van der Waals surface area contributed by atoms with Crippen molar-refractivity contribution in [2.24, 2.45) is 10.7 Å². The second-order valence-corrected chi connectivity index (χ2v) is 6.49. The van der Waals surface area contributed by atoms with E-state index >= 15 is 0 Å². The summed E-state index contributed by atoms with van der Waals surface area (Å²) >= 11 is 0. The Morgan fingerprint density at radius 3 is 2.50 bits per heavy atom. The van der Waals surface area contributed by atoms with Gasteiger partial charge in [-0.3, -0.25) is 0 Å². The molecule has 3 N–H and O–H groups in total. The standard InChI is InChI=1S/C20H24N6/c1-13-5-7-18(9-14(13)2)24-20(21)23-12-17-6-8-19(22-11-17)26-16(4)10-15(3)25-26/h5-11H,12H2,1-4H3,(H3,21,23,24). The third kappa shape index (κ3) is 4.08. The molecule has 2 heterocycles. The highest BCUT2D eigenvalue weighted by Gasteiger charge is 2.05. The SMILES string of the molecule is Cc1cc(C)n(-c2ccc(CN=C(N)Nc3ccc(C)c(C)c3)cn2)n1. The zero-order valence-electron chi connectivity index (χ0n) is 15.6. The highest BCUT2D eigenvalue weighted by Crippen LogP contribution is 2.14. The number of pyridine rings is 1. The molecule has 0 aliphatic heterocycles. The number of benzene rings is 1. The van der Waals surface area contributed by atoms with Gasteiger partial charge in [0.1, 0.15) is 0 Å². The molecule has 1 aromatic carbocycles. The Bertz CT molecular complexity index is 937. The highest BCUT2D eigenvalue weighted by molar-refractivity contribution is 5.92. The van der Waals surface area contributed by atoms with Crippen LogP contribution in [0, 0.1) is 27.7 Å². The monoisotopic (exact) mass is 348 g/mol. The second kappa shape index (κ2) is 7.39. The Labute approximate surface area is 153 Å². The number of nitrogens with zero attached hydrogens (tertiary/aromatic N) is 4. The van der Waals surface area contributed by atoms with Crippen LogP contribution in [0.5, 0.6) is 0 Å². The lowest BCUT2D eigenvalue weighted by Gasteiger charge is -2.08. The van der Waals surface area contributed by atoms with Gasteiger partial charge in [-0.05, 0) is 68.7 Å². The molecule has 0 saturated carbocycles. The van der Waals surface area contributed by atoms with Crippen LogP contribution < -0.4 is 11.1 Å². The first-order valence-corrected chi connectivity index (χ1v) is 8.55. The van der Waals surface area contributed by atoms with Crippen molar-refractivity contribution in [2.75, 3.05) is 5.32 Å². The van der Waals surface area contributed by atoms with E-state index in [-0.39, 0.29) is 0 Å². The van der Waals surface area contributed by atoms with E-state index in [1.807, 2.05) is 42.8 Å². The van der Waals surface area contributed by atoms with Crippen LogP contribution in [0.1, 0.15) is 28.1 Å². The van der Waals surface area contributed by atoms with Crippen LogP contribution >= 0.6 is 0 Å². The number of aliphatic imine (C=N–C) groups is 1. The maximum absolute atomic E-state index is 5.99. The Kier molecular flexibility index (Phi) is 5.02. The fraction of sp³-hybridized carbons (Fsp3) is 0.250. The molecule has 0 bridgehead atoms. The lowest BCUT2D eigenvalue weighted by Crippen LogP contribution is -2.22. The summed E-state index contributed by atoms with van der Waals surface area (Å²) in [6.45, 7) is 8.61. The number of hydrogen-bond acceptors (Lipinski definition) is 3. The number of aromatic nitrogens is 3. The van der Waals surface area contributed by atoms with E-state index in [1.54, 1.807) is 6.20 Å². The molecule has 2 aromatic heterocycles. The summed E-state index contributed by atoms with van der Waals surface area (Å²) in [5.41, 5.74) is 12.4. The van der Waals surface area contributed by atoms with E-state index in [9.17, 15) is 0 Å². The van der Waals surface area contributed by atoms with E-state index in [4.69, 9.17) is 5.73 Å². The Balaban J connectivity index is 1.66. The lowest BCUT2D eigenvalue weighted by molar-refractivity contribution is 0.803. The van der Waals surface area contributed by atoms with Gasteiger partial charge in [0.25, 0.3) is 0 Å². The van der Waals surface area contributed by atoms with Crippen molar-refractivity contribution in [3.05, 3.63) is 70.7 Å². The molecule has 6 nitrogen and oxygen atoms in total. The summed E-state index contributed by atoms with van der Waals surface area (Å²) in [7, 11) is 0. The Morgan fingerprint density at radius 1 is 1.08 bits per heavy atom. The number of nitrogens with one attached hydrogen (secondary N) is 1. The molecule has 0 unspecified atom stereocenters. The van der Waals surface area contributed by atoms with Gasteiger partial charge in [-0.15, -0.1) is 0 Å². The number of aryl methyl sites for hydroxylation is 4. The third-order valence-corrected chi connectivity index (χ3v) is 4.25. The van der Waals surface area contributed by atoms with Gasteiger partial charge in [-0.1, -0.05) is 12.1 Å². The number of anilines is 1. The van der Waals surface area contributed by atoms with E-state index in [0.29, 0.717) is 12.5 Å². The fourth-order valence-corrected chi connectivity index (χ4v) is 2.68. The van der Waals surface area contributed by atoms with Crippen LogP contribution in [-0.4, -0.2) is 20.7 Å². The van der Waals surface area contributed by atoms with Gasteiger partial charge in [-0.25, -0.2) is 14.7 Å². The van der Waals surface area contributed by atoms with Crippen molar-refractivity contribution in [2.45, 2.75) is 34.2 Å². The summed E-state index contributed by atoms with van der Waals surface area (Å²) in [6.07, 6.45) is 1.80. The number of nitrogens with two attached hydrogens (primary N) is 1. The fourth-order valence-electron chi connectivity index (χ4n) is 2.68. The predicted octanol–water partition coefficient (Wildman–Crippen LogP) is 3.43. The number of guanidine groups is 1. The molecule has 0 aliphatic rings. The average molecular weight is 348 g/mol. The van der Waals surface area contributed by atoms with E-state index < -0.39 is 0 Å². The first kappa shape index (κ1) is 17.7. The van der Waals surface area contributed by atoms with Crippen LogP contribution in [0.3, 0.4) is 0 Å². The van der Waals surface area contributed by atoms with Crippen molar-refractivity contribution in [3.63, 3.8) is 0 Å². The summed E-state index contributed by atoms with van der Waals surface area (Å²) < 4.78 is 1.83. The minimum atomic E-state index is 0.385. The maximum atomic E-state index is 5.99. The van der Waals surface area contributed by atoms with Crippen molar-refractivity contribution < 1.29 is 0 Å². The van der Waals surface area contributed by atoms with Crippen LogP contribution in [0.4, 0.5) is 5.69 Å². The lowest BCUT2D eigenvalue weighted by atomic mass is 10.1. The predicted molar refractivity (Wildman–Crippen MR) is 106 cm³/mol. The second-order valence-electron chi connectivity index (χ2n) is 6.49. The van der Waals surface area contributed by atoms with Crippen molar-refractivity contribution in [3.8, 4) is 5.82 Å². The topological polar surface area (TPSA) is 81.1 Å². The molecule has 0 fully saturated rings. The normalized spacial score (nSPS) is 11.6. The third-order valence-electron chi connectivity index (χ3n) is 4.25. The minimum absolute atomic E-state index is 0.385. The summed E-state index contributed by atoms with van der Waals surface area (Å²) in [5, 5.41) is 7.56. The van der Waals surface area contributed by atoms with Gasteiger partial charge in [0, 0.05) is 17.6 Å². The first-order chi connectivity index (χ1) is 12.4. The van der Waals surface area contributed by atoms with E-state index in [2.05, 4.69) is 46.4 Å². The number of hydrogen-bond donors (Lipinski definition) is 2. The molecule has 134 valence electrons. The highest BCUT2D eigenvalue weighted by atomic mass is 15.3. The van der Waals surface area contributed by atoms with Crippen LogP contribution in [0.25, 0.3) is 5.82 Å². The quantitative estimate of drug-likeness (QED) is 0.559. The van der Waals surface area contributed by atoms with Gasteiger partial charge in [0.15, 0.2) is 11.8 Å². The Hall–Kier alpha value is -3.15. The molecule has 0 saturated heterocycles. The molecule has 0 aliphatic carbocycles. The summed E-state index contributed by atoms with van der Waals surface area (Å²) in [4.78, 5) is 8.86. The molecule has 0 radical (unpaired) electrons. The zero-order valence-corrected chi connectivity index (χ0v) is 15.6. The van der Waals surface area contributed by atoms with Crippen LogP contribution in [0.15, 0.2) is 47.6 Å². The van der Waals surface area contributed by atoms with Gasteiger partial charge >= 0.3 is 0 Å². The smallest absolute Gasteiger partial charge is 0.193 e. The average Bonchev–Trinajstić information content (AvgIpc) is 2.95. The zero-order chi connectivity index (χ0) is 18.7. The van der Waals surface area contributed by atoms with Crippen LogP contribution in [-0.2, 0) is 6.54 Å². The summed E-state index contributed by atoms with van der Waals surface area (Å²) in [5.74, 6) is 1.18. The molecule has 0 amide bonds. The summed E-state index contributed by atoms with van der Waals surface area (Å²) in [6, 6.07) is 12.1. The Morgan fingerprint density at radius 2 is 1.88 bits per heavy atom. The molecular weight excluding hydrogens is 324 g/mol.